The van der Waals surface area contributed by atoms with E-state index in [0.29, 0.717) is 12.2 Å². The van der Waals surface area contributed by atoms with Gasteiger partial charge in [-0.25, -0.2) is 5.43 Å². The van der Waals surface area contributed by atoms with Crippen molar-refractivity contribution in [3.05, 3.63) is 23.8 Å². The molecule has 0 atom stereocenters. The molecular formula is C14H20N2O3. The molecule has 5 nitrogen and oxygen atoms in total. The van der Waals surface area contributed by atoms with E-state index in [9.17, 15) is 9.90 Å². The molecule has 0 unspecified atom stereocenters. The fraction of sp³-hybridized carbons (Fsp3) is 0.429. The van der Waals surface area contributed by atoms with Crippen molar-refractivity contribution < 1.29 is 14.6 Å². The van der Waals surface area contributed by atoms with Gasteiger partial charge in [-0.1, -0.05) is 19.8 Å². The van der Waals surface area contributed by atoms with Gasteiger partial charge in [0, 0.05) is 6.42 Å². The highest BCUT2D eigenvalue weighted by Crippen LogP contribution is 2.25. The number of hydrogen-bond acceptors (Lipinski definition) is 4. The van der Waals surface area contributed by atoms with E-state index in [0.717, 1.165) is 24.8 Å². The molecule has 1 aromatic carbocycles. The Balaban J connectivity index is 2.46. The molecule has 0 radical (unpaired) electrons. The average molecular weight is 264 g/mol. The van der Waals surface area contributed by atoms with Crippen LogP contribution in [0.4, 0.5) is 0 Å². The molecule has 5 heteroatoms. The Kier molecular flexibility index (Phi) is 6.43. The average Bonchev–Trinajstić information content (AvgIpc) is 2.41. The zero-order valence-corrected chi connectivity index (χ0v) is 11.3. The fourth-order valence-corrected chi connectivity index (χ4v) is 1.54. The quantitative estimate of drug-likeness (QED) is 0.451. The predicted octanol–water partition coefficient (Wildman–Crippen LogP) is 2.43. The molecule has 0 saturated carbocycles. The van der Waals surface area contributed by atoms with Crippen LogP contribution in [0.1, 0.15) is 38.2 Å². The number of unbranched alkanes of at least 4 members (excludes halogenated alkanes) is 2. The van der Waals surface area contributed by atoms with Crippen LogP contribution in [0, 0.1) is 0 Å². The topological polar surface area (TPSA) is 70.9 Å². The summed E-state index contributed by atoms with van der Waals surface area (Å²) in [6.45, 7) is 2.09. The molecule has 0 aliphatic rings. The summed E-state index contributed by atoms with van der Waals surface area (Å²) in [6, 6.07) is 4.84. The molecule has 1 amide bonds. The summed E-state index contributed by atoms with van der Waals surface area (Å²) in [5.74, 6) is 0.358. The Hall–Kier alpha value is -2.04. The van der Waals surface area contributed by atoms with E-state index < -0.39 is 0 Å². The molecule has 0 bridgehead atoms. The Morgan fingerprint density at radius 1 is 1.47 bits per heavy atom. The smallest absolute Gasteiger partial charge is 0.240 e. The lowest BCUT2D eigenvalue weighted by Gasteiger charge is -2.03. The fourth-order valence-electron chi connectivity index (χ4n) is 1.54. The highest BCUT2D eigenvalue weighted by molar-refractivity contribution is 5.83. The molecule has 0 aliphatic carbocycles. The number of ether oxygens (including phenoxy) is 1. The van der Waals surface area contributed by atoms with Gasteiger partial charge in [-0.3, -0.25) is 4.79 Å². The van der Waals surface area contributed by atoms with Gasteiger partial charge in [0.1, 0.15) is 0 Å². The first-order valence-corrected chi connectivity index (χ1v) is 6.36. The Labute approximate surface area is 113 Å². The van der Waals surface area contributed by atoms with Crippen LogP contribution in [-0.2, 0) is 4.79 Å². The second-order valence-electron chi connectivity index (χ2n) is 4.18. The van der Waals surface area contributed by atoms with Gasteiger partial charge in [0.25, 0.3) is 0 Å². The van der Waals surface area contributed by atoms with Crippen molar-refractivity contribution in [1.29, 1.82) is 0 Å². The number of hydrazone groups is 1. The van der Waals surface area contributed by atoms with Crippen molar-refractivity contribution in [2.45, 2.75) is 32.6 Å². The van der Waals surface area contributed by atoms with E-state index in [-0.39, 0.29) is 11.7 Å². The van der Waals surface area contributed by atoms with Gasteiger partial charge in [0.2, 0.25) is 5.91 Å². The zero-order valence-electron chi connectivity index (χ0n) is 11.3. The van der Waals surface area contributed by atoms with Crippen LogP contribution in [0.15, 0.2) is 23.3 Å². The number of nitrogens with zero attached hydrogens (tertiary/aromatic N) is 1. The highest BCUT2D eigenvalue weighted by atomic mass is 16.5. The van der Waals surface area contributed by atoms with Crippen molar-refractivity contribution in [3.8, 4) is 11.5 Å². The van der Waals surface area contributed by atoms with Crippen LogP contribution in [0.2, 0.25) is 0 Å². The van der Waals surface area contributed by atoms with Gasteiger partial charge in [-0.05, 0) is 30.2 Å². The lowest BCUT2D eigenvalue weighted by molar-refractivity contribution is -0.121. The van der Waals surface area contributed by atoms with Crippen LogP contribution in [-0.4, -0.2) is 24.3 Å². The van der Waals surface area contributed by atoms with E-state index >= 15 is 0 Å². The van der Waals surface area contributed by atoms with Crippen molar-refractivity contribution in [1.82, 2.24) is 5.43 Å². The molecule has 0 saturated heterocycles. The van der Waals surface area contributed by atoms with Gasteiger partial charge >= 0.3 is 0 Å². The molecule has 1 aromatic rings. The van der Waals surface area contributed by atoms with E-state index in [1.165, 1.54) is 19.4 Å². The first-order chi connectivity index (χ1) is 9.17. The third-order valence-corrected chi connectivity index (χ3v) is 2.61. The van der Waals surface area contributed by atoms with Gasteiger partial charge in [-0.15, -0.1) is 0 Å². The minimum Gasteiger partial charge on any atom is -0.504 e. The van der Waals surface area contributed by atoms with E-state index in [4.69, 9.17) is 4.74 Å². The Morgan fingerprint density at radius 3 is 2.95 bits per heavy atom. The second-order valence-corrected chi connectivity index (χ2v) is 4.18. The number of amides is 1. The van der Waals surface area contributed by atoms with Crippen molar-refractivity contribution in [2.75, 3.05) is 7.11 Å². The van der Waals surface area contributed by atoms with Crippen molar-refractivity contribution >= 4 is 12.1 Å². The number of methoxy groups -OCH3 is 1. The number of aromatic hydroxyl groups is 1. The molecule has 19 heavy (non-hydrogen) atoms. The number of phenolic OH excluding ortho intramolecular Hbond substituents is 1. The van der Waals surface area contributed by atoms with Crippen LogP contribution in [0.5, 0.6) is 11.5 Å². The molecule has 0 fully saturated rings. The molecule has 104 valence electrons. The molecule has 0 aliphatic heterocycles. The summed E-state index contributed by atoms with van der Waals surface area (Å²) in [5.41, 5.74) is 3.21. The van der Waals surface area contributed by atoms with Crippen LogP contribution >= 0.6 is 0 Å². The number of benzene rings is 1. The van der Waals surface area contributed by atoms with E-state index in [1.807, 2.05) is 0 Å². The SMILES string of the molecule is CCCCCC(=O)N/N=C/c1ccc(O)c(OC)c1. The molecule has 2 N–H and O–H groups in total. The minimum absolute atomic E-state index is 0.0725. The normalized spacial score (nSPS) is 10.6. The zero-order chi connectivity index (χ0) is 14.1. The molecule has 0 aromatic heterocycles. The summed E-state index contributed by atoms with van der Waals surface area (Å²) in [4.78, 5) is 11.4. The van der Waals surface area contributed by atoms with Gasteiger partial charge in [0.05, 0.1) is 13.3 Å². The van der Waals surface area contributed by atoms with Crippen molar-refractivity contribution in [2.24, 2.45) is 5.10 Å². The number of hydrogen-bond donors (Lipinski definition) is 2. The minimum atomic E-state index is -0.0876. The molecule has 0 spiro atoms. The summed E-state index contributed by atoms with van der Waals surface area (Å²) in [6.07, 6.45) is 5.02. The maximum Gasteiger partial charge on any atom is 0.240 e. The maximum absolute atomic E-state index is 11.4. The highest BCUT2D eigenvalue weighted by Gasteiger charge is 2.01. The first-order valence-electron chi connectivity index (χ1n) is 6.36. The Morgan fingerprint density at radius 2 is 2.26 bits per heavy atom. The van der Waals surface area contributed by atoms with Crippen LogP contribution in [0.3, 0.4) is 0 Å². The number of carbonyl (C=O) groups excluding carboxylic acids is 1. The number of carbonyl (C=O) groups is 1. The third-order valence-electron chi connectivity index (χ3n) is 2.61. The van der Waals surface area contributed by atoms with E-state index in [1.54, 1.807) is 12.1 Å². The second kappa shape index (κ2) is 8.13. The summed E-state index contributed by atoms with van der Waals surface area (Å²) < 4.78 is 4.98. The van der Waals surface area contributed by atoms with Crippen molar-refractivity contribution in [3.63, 3.8) is 0 Å². The summed E-state index contributed by atoms with van der Waals surface area (Å²) in [5, 5.41) is 13.3. The number of nitrogens with one attached hydrogen (secondary N) is 1. The molecule has 1 rings (SSSR count). The molecule has 0 heterocycles. The van der Waals surface area contributed by atoms with Crippen LogP contribution < -0.4 is 10.2 Å². The Bertz CT molecular complexity index is 444. The van der Waals surface area contributed by atoms with Gasteiger partial charge in [0.15, 0.2) is 11.5 Å². The standard InChI is InChI=1S/C14H20N2O3/c1-3-4-5-6-14(18)16-15-10-11-7-8-12(17)13(9-11)19-2/h7-10,17H,3-6H2,1-2H3,(H,16,18)/b15-10+. The lowest BCUT2D eigenvalue weighted by atomic mass is 10.2. The van der Waals surface area contributed by atoms with Crippen LogP contribution in [0.25, 0.3) is 0 Å². The third kappa shape index (κ3) is 5.42. The lowest BCUT2D eigenvalue weighted by Crippen LogP contribution is -2.16. The van der Waals surface area contributed by atoms with E-state index in [2.05, 4.69) is 17.5 Å². The summed E-state index contributed by atoms with van der Waals surface area (Å²) in [7, 11) is 1.48. The van der Waals surface area contributed by atoms with Gasteiger partial charge < -0.3 is 9.84 Å². The van der Waals surface area contributed by atoms with Gasteiger partial charge in [-0.2, -0.15) is 5.10 Å². The maximum atomic E-state index is 11.4. The number of rotatable bonds is 7. The predicted molar refractivity (Wildman–Crippen MR) is 74.5 cm³/mol. The number of phenols is 1. The summed E-state index contributed by atoms with van der Waals surface area (Å²) >= 11 is 0. The molecular weight excluding hydrogens is 244 g/mol. The monoisotopic (exact) mass is 264 g/mol. The first kappa shape index (κ1) is 15.0. The largest absolute Gasteiger partial charge is 0.504 e.